The van der Waals surface area contributed by atoms with Gasteiger partial charge in [0.05, 0.1) is 18.7 Å². The van der Waals surface area contributed by atoms with Gasteiger partial charge in [0, 0.05) is 18.6 Å². The second-order valence-electron chi connectivity index (χ2n) is 7.63. The molecule has 1 unspecified atom stereocenters. The first kappa shape index (κ1) is 20.0. The SMILES string of the molecule is O=C1CC(c2ccccc2)CC(=NCCO)/C1=C(\O)Cc1cccc2ccccc12. The maximum Gasteiger partial charge on any atom is 0.168 e. The molecular weight excluding hydrogens is 374 g/mol. The van der Waals surface area contributed by atoms with Crippen LogP contribution in [0.3, 0.4) is 0 Å². The van der Waals surface area contributed by atoms with Gasteiger partial charge in [0.2, 0.25) is 0 Å². The van der Waals surface area contributed by atoms with Crippen LogP contribution < -0.4 is 0 Å². The van der Waals surface area contributed by atoms with Crippen molar-refractivity contribution in [1.82, 2.24) is 0 Å². The largest absolute Gasteiger partial charge is 0.511 e. The van der Waals surface area contributed by atoms with Crippen LogP contribution in [-0.2, 0) is 11.2 Å². The Labute approximate surface area is 176 Å². The molecule has 1 fully saturated rings. The lowest BCUT2D eigenvalue weighted by Gasteiger charge is -2.26. The lowest BCUT2D eigenvalue weighted by molar-refractivity contribution is -0.115. The fourth-order valence-electron chi connectivity index (χ4n) is 4.23. The molecule has 1 aliphatic rings. The van der Waals surface area contributed by atoms with Crippen molar-refractivity contribution in [2.24, 2.45) is 4.99 Å². The number of carbonyl (C=O) groups is 1. The Morgan fingerprint density at radius 3 is 2.47 bits per heavy atom. The number of ketones is 1. The quantitative estimate of drug-likeness (QED) is 0.479. The molecule has 2 N–H and O–H groups in total. The number of hydrogen-bond donors (Lipinski definition) is 2. The van der Waals surface area contributed by atoms with Crippen LogP contribution in [-0.4, -0.2) is 34.9 Å². The van der Waals surface area contributed by atoms with E-state index in [1.54, 1.807) is 0 Å². The van der Waals surface area contributed by atoms with Gasteiger partial charge in [-0.2, -0.15) is 0 Å². The smallest absolute Gasteiger partial charge is 0.168 e. The van der Waals surface area contributed by atoms with E-state index in [4.69, 9.17) is 0 Å². The van der Waals surface area contributed by atoms with Crippen molar-refractivity contribution >= 4 is 22.3 Å². The van der Waals surface area contributed by atoms with Crippen molar-refractivity contribution < 1.29 is 15.0 Å². The third kappa shape index (κ3) is 4.19. The predicted octanol–water partition coefficient (Wildman–Crippen LogP) is 4.77. The summed E-state index contributed by atoms with van der Waals surface area (Å²) in [5, 5.41) is 22.4. The number of aliphatic imine (C=N–C) groups is 1. The van der Waals surface area contributed by atoms with Gasteiger partial charge in [-0.25, -0.2) is 0 Å². The summed E-state index contributed by atoms with van der Waals surface area (Å²) in [4.78, 5) is 17.5. The second-order valence-corrected chi connectivity index (χ2v) is 7.63. The average molecular weight is 399 g/mol. The summed E-state index contributed by atoms with van der Waals surface area (Å²) in [7, 11) is 0. The molecule has 0 bridgehead atoms. The molecule has 0 amide bonds. The van der Waals surface area contributed by atoms with Crippen LogP contribution in [0.5, 0.6) is 0 Å². The molecule has 1 atom stereocenters. The molecule has 0 heterocycles. The summed E-state index contributed by atoms with van der Waals surface area (Å²) in [5.41, 5.74) is 2.98. The minimum absolute atomic E-state index is 0.0326. The normalized spacial score (nSPS) is 20.0. The second kappa shape index (κ2) is 9.06. The molecule has 0 aromatic heterocycles. The van der Waals surface area contributed by atoms with E-state index in [1.807, 2.05) is 72.8 Å². The van der Waals surface area contributed by atoms with E-state index in [0.29, 0.717) is 24.1 Å². The molecule has 4 nitrogen and oxygen atoms in total. The fraction of sp³-hybridized carbons (Fsp3) is 0.231. The first-order valence-electron chi connectivity index (χ1n) is 10.3. The molecule has 3 aromatic carbocycles. The first-order chi connectivity index (χ1) is 14.7. The van der Waals surface area contributed by atoms with E-state index in [1.165, 1.54) is 0 Å². The Hall–Kier alpha value is -3.24. The molecular formula is C26H25NO3. The molecule has 0 aliphatic heterocycles. The lowest BCUT2D eigenvalue weighted by atomic mass is 9.78. The number of Topliss-reactive ketones (excluding diaryl/α,β-unsaturated/α-hetero) is 1. The highest BCUT2D eigenvalue weighted by Gasteiger charge is 2.32. The van der Waals surface area contributed by atoms with Crippen LogP contribution in [0.15, 0.2) is 89.1 Å². The number of nitrogens with zero attached hydrogens (tertiary/aromatic N) is 1. The summed E-state index contributed by atoms with van der Waals surface area (Å²) in [6, 6.07) is 23.9. The van der Waals surface area contributed by atoms with Crippen LogP contribution in [0, 0.1) is 0 Å². The zero-order valence-corrected chi connectivity index (χ0v) is 16.8. The van der Waals surface area contributed by atoms with Crippen molar-refractivity contribution in [2.75, 3.05) is 13.2 Å². The molecule has 3 aromatic rings. The van der Waals surface area contributed by atoms with Crippen LogP contribution in [0.4, 0.5) is 0 Å². The number of aliphatic hydroxyl groups excluding tert-OH is 2. The number of carbonyl (C=O) groups excluding carboxylic acids is 1. The minimum atomic E-state index is -0.0930. The maximum atomic E-state index is 13.1. The summed E-state index contributed by atoms with van der Waals surface area (Å²) in [6.45, 7) is 0.125. The molecule has 4 rings (SSSR count). The third-order valence-corrected chi connectivity index (χ3v) is 5.64. The summed E-state index contributed by atoms with van der Waals surface area (Å²) < 4.78 is 0. The van der Waals surface area contributed by atoms with Crippen molar-refractivity contribution in [3.05, 3.63) is 95.3 Å². The summed E-state index contributed by atoms with van der Waals surface area (Å²) in [5.74, 6) is -0.00525. The Bertz CT molecular complexity index is 1110. The molecule has 30 heavy (non-hydrogen) atoms. The van der Waals surface area contributed by atoms with Gasteiger partial charge in [-0.15, -0.1) is 0 Å². The van der Waals surface area contributed by atoms with E-state index in [-0.39, 0.29) is 37.0 Å². The number of benzene rings is 3. The van der Waals surface area contributed by atoms with Gasteiger partial charge in [-0.3, -0.25) is 9.79 Å². The molecule has 0 spiro atoms. The van der Waals surface area contributed by atoms with E-state index < -0.39 is 0 Å². The maximum absolute atomic E-state index is 13.1. The molecule has 0 saturated heterocycles. The van der Waals surface area contributed by atoms with Crippen LogP contribution in [0.1, 0.15) is 29.9 Å². The van der Waals surface area contributed by atoms with Crippen molar-refractivity contribution in [3.8, 4) is 0 Å². The van der Waals surface area contributed by atoms with Gasteiger partial charge in [-0.1, -0.05) is 72.8 Å². The topological polar surface area (TPSA) is 69.9 Å². The first-order valence-corrected chi connectivity index (χ1v) is 10.3. The minimum Gasteiger partial charge on any atom is -0.511 e. The average Bonchev–Trinajstić information content (AvgIpc) is 2.78. The molecule has 152 valence electrons. The standard InChI is InChI=1S/C26H25NO3/c28-14-13-27-23-15-21(18-7-2-1-3-8-18)17-25(30)26(23)24(29)16-20-11-6-10-19-9-4-5-12-22(19)20/h1-12,21,28-29H,13-17H2/b26-24+,27-23?. The molecule has 0 radical (unpaired) electrons. The highest BCUT2D eigenvalue weighted by Crippen LogP contribution is 2.34. The van der Waals surface area contributed by atoms with E-state index in [0.717, 1.165) is 21.9 Å². The van der Waals surface area contributed by atoms with Gasteiger partial charge < -0.3 is 10.2 Å². The monoisotopic (exact) mass is 399 g/mol. The van der Waals surface area contributed by atoms with E-state index in [2.05, 4.69) is 4.99 Å². The highest BCUT2D eigenvalue weighted by molar-refractivity contribution is 6.24. The van der Waals surface area contributed by atoms with Crippen LogP contribution >= 0.6 is 0 Å². The predicted molar refractivity (Wildman–Crippen MR) is 120 cm³/mol. The van der Waals surface area contributed by atoms with Crippen LogP contribution in [0.2, 0.25) is 0 Å². The Morgan fingerprint density at radius 1 is 0.933 bits per heavy atom. The molecule has 1 aliphatic carbocycles. The van der Waals surface area contributed by atoms with Gasteiger partial charge in [0.25, 0.3) is 0 Å². The zero-order chi connectivity index (χ0) is 20.9. The third-order valence-electron chi connectivity index (χ3n) is 5.64. The van der Waals surface area contributed by atoms with Crippen molar-refractivity contribution in [3.63, 3.8) is 0 Å². The Morgan fingerprint density at radius 2 is 1.67 bits per heavy atom. The fourth-order valence-corrected chi connectivity index (χ4v) is 4.23. The number of fused-ring (bicyclic) bond motifs is 1. The van der Waals surface area contributed by atoms with Crippen molar-refractivity contribution in [2.45, 2.75) is 25.2 Å². The van der Waals surface area contributed by atoms with Gasteiger partial charge >= 0.3 is 0 Å². The Balaban J connectivity index is 1.69. The van der Waals surface area contributed by atoms with Crippen molar-refractivity contribution in [1.29, 1.82) is 0 Å². The molecule has 4 heteroatoms. The van der Waals surface area contributed by atoms with Crippen LogP contribution in [0.25, 0.3) is 10.8 Å². The zero-order valence-electron chi connectivity index (χ0n) is 16.8. The van der Waals surface area contributed by atoms with Gasteiger partial charge in [0.15, 0.2) is 5.78 Å². The van der Waals surface area contributed by atoms with E-state index >= 15 is 0 Å². The van der Waals surface area contributed by atoms with Gasteiger partial charge in [-0.05, 0) is 34.2 Å². The number of aliphatic hydroxyl groups is 2. The highest BCUT2D eigenvalue weighted by atomic mass is 16.3. The summed E-state index contributed by atoms with van der Waals surface area (Å²) >= 11 is 0. The van der Waals surface area contributed by atoms with Gasteiger partial charge in [0.1, 0.15) is 5.76 Å². The number of hydrogen-bond acceptors (Lipinski definition) is 4. The molecule has 1 saturated carbocycles. The van der Waals surface area contributed by atoms with E-state index in [9.17, 15) is 15.0 Å². The Kier molecular flexibility index (Phi) is 6.05. The number of rotatable bonds is 5. The number of allylic oxidation sites excluding steroid dienone is 2. The lowest BCUT2D eigenvalue weighted by Crippen LogP contribution is -2.27. The summed E-state index contributed by atoms with van der Waals surface area (Å²) in [6.07, 6.45) is 1.19.